The fourth-order valence-corrected chi connectivity index (χ4v) is 4.99. The standard InChI is InChI=1S/C14H16Cl2F3NO3S/c1-9-6-13(12(16)7-11(9)15)24(21,22)20(8-14(17,18)19)10-2-4-23-5-3-10/h6-7,10H,2-5,8H2,1H3. The number of halogens is 5. The number of nitrogens with zero attached hydrogens (tertiary/aromatic N) is 1. The van der Waals surface area contributed by atoms with Crippen molar-refractivity contribution >= 4 is 33.2 Å². The molecule has 1 aromatic carbocycles. The van der Waals surface area contributed by atoms with Gasteiger partial charge in [0.1, 0.15) is 11.4 Å². The zero-order valence-electron chi connectivity index (χ0n) is 12.7. The maximum Gasteiger partial charge on any atom is 0.402 e. The molecule has 0 saturated carbocycles. The summed E-state index contributed by atoms with van der Waals surface area (Å²) in [4.78, 5) is -0.373. The van der Waals surface area contributed by atoms with Crippen LogP contribution >= 0.6 is 23.2 Å². The van der Waals surface area contributed by atoms with E-state index in [2.05, 4.69) is 0 Å². The van der Waals surface area contributed by atoms with Crippen LogP contribution in [0, 0.1) is 6.92 Å². The van der Waals surface area contributed by atoms with Crippen LogP contribution in [0.3, 0.4) is 0 Å². The van der Waals surface area contributed by atoms with Gasteiger partial charge in [0.2, 0.25) is 10.0 Å². The minimum Gasteiger partial charge on any atom is -0.381 e. The highest BCUT2D eigenvalue weighted by Crippen LogP contribution is 2.34. The van der Waals surface area contributed by atoms with E-state index in [0.717, 1.165) is 0 Å². The highest BCUT2D eigenvalue weighted by Gasteiger charge is 2.42. The predicted molar refractivity (Wildman–Crippen MR) is 85.0 cm³/mol. The molecule has 1 aliphatic heterocycles. The lowest BCUT2D eigenvalue weighted by Crippen LogP contribution is -2.47. The van der Waals surface area contributed by atoms with Gasteiger partial charge in [-0.1, -0.05) is 23.2 Å². The minimum atomic E-state index is -4.67. The van der Waals surface area contributed by atoms with Gasteiger partial charge >= 0.3 is 6.18 Å². The van der Waals surface area contributed by atoms with Crippen LogP contribution in [0.4, 0.5) is 13.2 Å². The first-order chi connectivity index (χ1) is 11.0. The molecule has 136 valence electrons. The molecule has 1 aromatic rings. The van der Waals surface area contributed by atoms with Gasteiger partial charge in [-0.25, -0.2) is 8.42 Å². The van der Waals surface area contributed by atoms with Gasteiger partial charge in [-0.05, 0) is 37.5 Å². The molecule has 4 nitrogen and oxygen atoms in total. The fourth-order valence-electron chi connectivity index (χ4n) is 2.51. The summed E-state index contributed by atoms with van der Waals surface area (Å²) in [5, 5.41) is 0.0391. The third-order valence-electron chi connectivity index (χ3n) is 3.73. The highest BCUT2D eigenvalue weighted by atomic mass is 35.5. The van der Waals surface area contributed by atoms with Crippen molar-refractivity contribution in [3.05, 3.63) is 27.7 Å². The number of sulfonamides is 1. The molecule has 0 aromatic heterocycles. The Morgan fingerprint density at radius 1 is 1.21 bits per heavy atom. The molecule has 24 heavy (non-hydrogen) atoms. The highest BCUT2D eigenvalue weighted by molar-refractivity contribution is 7.89. The summed E-state index contributed by atoms with van der Waals surface area (Å²) >= 11 is 11.8. The average molecular weight is 406 g/mol. The first-order valence-electron chi connectivity index (χ1n) is 7.14. The fraction of sp³-hybridized carbons (Fsp3) is 0.571. The molecule has 0 atom stereocenters. The van der Waals surface area contributed by atoms with Crippen molar-refractivity contribution in [1.29, 1.82) is 0 Å². The van der Waals surface area contributed by atoms with Gasteiger partial charge in [0, 0.05) is 24.3 Å². The van der Waals surface area contributed by atoms with Crippen molar-refractivity contribution in [3.8, 4) is 0 Å². The summed E-state index contributed by atoms with van der Waals surface area (Å²) in [5.41, 5.74) is 0.415. The summed E-state index contributed by atoms with van der Waals surface area (Å²) in [7, 11) is -4.44. The molecule has 1 fully saturated rings. The summed E-state index contributed by atoms with van der Waals surface area (Å²) in [6.07, 6.45) is -4.28. The van der Waals surface area contributed by atoms with Crippen molar-refractivity contribution < 1.29 is 26.3 Å². The Hall–Kier alpha value is -0.540. The van der Waals surface area contributed by atoms with Gasteiger partial charge in [0.05, 0.1) is 5.02 Å². The van der Waals surface area contributed by atoms with Crippen molar-refractivity contribution in [2.45, 2.75) is 36.9 Å². The number of hydrogen-bond acceptors (Lipinski definition) is 3. The van der Waals surface area contributed by atoms with E-state index in [0.29, 0.717) is 9.87 Å². The number of benzene rings is 1. The number of rotatable bonds is 4. The third-order valence-corrected chi connectivity index (χ3v) is 6.50. The van der Waals surface area contributed by atoms with Crippen LogP contribution < -0.4 is 0 Å². The average Bonchev–Trinajstić information content (AvgIpc) is 2.48. The quantitative estimate of drug-likeness (QED) is 0.759. The topological polar surface area (TPSA) is 46.6 Å². The smallest absolute Gasteiger partial charge is 0.381 e. The summed E-state index contributed by atoms with van der Waals surface area (Å²) in [6.45, 7) is 0.405. The second-order valence-electron chi connectivity index (χ2n) is 5.54. The van der Waals surface area contributed by atoms with E-state index < -0.39 is 28.8 Å². The predicted octanol–water partition coefficient (Wildman–Crippen LogP) is 4.03. The second-order valence-corrected chi connectivity index (χ2v) is 8.21. The monoisotopic (exact) mass is 405 g/mol. The van der Waals surface area contributed by atoms with E-state index in [9.17, 15) is 21.6 Å². The van der Waals surface area contributed by atoms with Gasteiger partial charge in [0.15, 0.2) is 0 Å². The van der Waals surface area contributed by atoms with E-state index in [1.165, 1.54) is 12.1 Å². The molecule has 0 amide bonds. The first kappa shape index (κ1) is 19.8. The van der Waals surface area contributed by atoms with E-state index in [4.69, 9.17) is 27.9 Å². The van der Waals surface area contributed by atoms with Crippen molar-refractivity contribution in [2.24, 2.45) is 0 Å². The molecule has 0 aliphatic carbocycles. The number of ether oxygens (including phenoxy) is 1. The third kappa shape index (κ3) is 4.54. The molecule has 0 bridgehead atoms. The van der Waals surface area contributed by atoms with Crippen LogP contribution in [0.25, 0.3) is 0 Å². The molecular weight excluding hydrogens is 390 g/mol. The molecule has 2 rings (SSSR count). The summed E-state index contributed by atoms with van der Waals surface area (Å²) in [5.74, 6) is 0. The normalized spacial score (nSPS) is 17.5. The maximum atomic E-state index is 13.0. The lowest BCUT2D eigenvalue weighted by Gasteiger charge is -2.34. The van der Waals surface area contributed by atoms with Crippen molar-refractivity contribution in [3.63, 3.8) is 0 Å². The summed E-state index contributed by atoms with van der Waals surface area (Å²) in [6, 6.07) is 1.63. The lowest BCUT2D eigenvalue weighted by atomic mass is 10.1. The van der Waals surface area contributed by atoms with Crippen LogP contribution in [0.15, 0.2) is 17.0 Å². The van der Waals surface area contributed by atoms with E-state index in [1.54, 1.807) is 6.92 Å². The Morgan fingerprint density at radius 2 is 1.79 bits per heavy atom. The van der Waals surface area contributed by atoms with Crippen LogP contribution in [0.1, 0.15) is 18.4 Å². The molecule has 0 unspecified atom stereocenters. The van der Waals surface area contributed by atoms with Gasteiger partial charge in [0.25, 0.3) is 0 Å². The molecule has 1 saturated heterocycles. The molecule has 1 heterocycles. The number of alkyl halides is 3. The van der Waals surface area contributed by atoms with Crippen molar-refractivity contribution in [2.75, 3.05) is 19.8 Å². The number of aryl methyl sites for hydroxylation is 1. The SMILES string of the molecule is Cc1cc(S(=O)(=O)N(CC(F)(F)F)C2CCOCC2)c(Cl)cc1Cl. The molecule has 0 N–H and O–H groups in total. The molecule has 1 aliphatic rings. The second kappa shape index (κ2) is 7.37. The lowest BCUT2D eigenvalue weighted by molar-refractivity contribution is -0.141. The van der Waals surface area contributed by atoms with Gasteiger partial charge in [-0.3, -0.25) is 0 Å². The van der Waals surface area contributed by atoms with Crippen LogP contribution in [-0.4, -0.2) is 44.7 Å². The summed E-state index contributed by atoms with van der Waals surface area (Å²) < 4.78 is 70.2. The minimum absolute atomic E-state index is 0.194. The van der Waals surface area contributed by atoms with Gasteiger partial charge < -0.3 is 4.74 Å². The van der Waals surface area contributed by atoms with Gasteiger partial charge in [-0.2, -0.15) is 17.5 Å². The molecule has 0 radical (unpaired) electrons. The van der Waals surface area contributed by atoms with Crippen LogP contribution in [0.5, 0.6) is 0 Å². The van der Waals surface area contributed by atoms with Crippen LogP contribution in [0.2, 0.25) is 10.0 Å². The Morgan fingerprint density at radius 3 is 2.33 bits per heavy atom. The van der Waals surface area contributed by atoms with E-state index >= 15 is 0 Å². The van der Waals surface area contributed by atoms with Crippen LogP contribution in [-0.2, 0) is 14.8 Å². The van der Waals surface area contributed by atoms with E-state index in [-0.39, 0.29) is 41.0 Å². The first-order valence-corrected chi connectivity index (χ1v) is 9.34. The zero-order chi connectivity index (χ0) is 18.1. The number of hydrogen-bond donors (Lipinski definition) is 0. The Bertz CT molecular complexity index is 704. The molecule has 0 spiro atoms. The Kier molecular flexibility index (Phi) is 6.08. The van der Waals surface area contributed by atoms with E-state index in [1.807, 2.05) is 0 Å². The van der Waals surface area contributed by atoms with Gasteiger partial charge in [-0.15, -0.1) is 0 Å². The molecular formula is C14H16Cl2F3NO3S. The zero-order valence-corrected chi connectivity index (χ0v) is 15.1. The Balaban J connectivity index is 2.48. The molecule has 10 heteroatoms. The largest absolute Gasteiger partial charge is 0.402 e. The van der Waals surface area contributed by atoms with Crippen molar-refractivity contribution in [1.82, 2.24) is 4.31 Å². The Labute approximate surface area is 148 Å². The maximum absolute atomic E-state index is 13.0.